The van der Waals surface area contributed by atoms with Gasteiger partial charge in [-0.25, -0.2) is 9.97 Å². The molecule has 2 aromatic heterocycles. The van der Waals surface area contributed by atoms with Crippen LogP contribution in [0.15, 0.2) is 64.1 Å². The quantitative estimate of drug-likeness (QED) is 0.163. The second-order valence-corrected chi connectivity index (χ2v) is 9.63. The summed E-state index contributed by atoms with van der Waals surface area (Å²) in [6.07, 6.45) is 0. The van der Waals surface area contributed by atoms with Gasteiger partial charge in [0, 0.05) is 27.3 Å². The predicted octanol–water partition coefficient (Wildman–Crippen LogP) is 6.92. The van der Waals surface area contributed by atoms with Crippen LogP contribution in [0.4, 0.5) is 5.82 Å². The summed E-state index contributed by atoms with van der Waals surface area (Å²) < 4.78 is 5.40. The van der Waals surface area contributed by atoms with Crippen molar-refractivity contribution in [3.8, 4) is 39.6 Å². The second-order valence-electron chi connectivity index (χ2n) is 7.37. The Labute approximate surface area is 246 Å². The Morgan fingerprint density at radius 3 is 2.23 bits per heavy atom. The van der Waals surface area contributed by atoms with Crippen molar-refractivity contribution < 1.29 is 9.84 Å². The Kier molecular flexibility index (Phi) is 13.6. The molecule has 206 valence electrons. The number of thiazole rings is 1. The number of rotatable bonds is 8. The van der Waals surface area contributed by atoms with Crippen molar-refractivity contribution in [1.29, 1.82) is 10.5 Å². The van der Waals surface area contributed by atoms with Crippen molar-refractivity contribution in [2.75, 3.05) is 26.0 Å². The Balaban J connectivity index is 0.00000105. The van der Waals surface area contributed by atoms with E-state index in [0.29, 0.717) is 32.7 Å². The molecule has 2 heterocycles. The first-order valence-corrected chi connectivity index (χ1v) is 14.2. The van der Waals surface area contributed by atoms with Gasteiger partial charge >= 0.3 is 0 Å². The van der Waals surface area contributed by atoms with Crippen LogP contribution in [-0.4, -0.2) is 35.3 Å². The molecule has 0 amide bonds. The van der Waals surface area contributed by atoms with Crippen molar-refractivity contribution in [2.24, 2.45) is 5.18 Å². The number of benzene rings is 2. The van der Waals surface area contributed by atoms with Gasteiger partial charge in [-0.1, -0.05) is 66.7 Å². The normalized spacial score (nSPS) is 9.68. The van der Waals surface area contributed by atoms with E-state index in [9.17, 15) is 10.5 Å². The van der Waals surface area contributed by atoms with Gasteiger partial charge in [0.25, 0.3) is 0 Å². The molecule has 0 bridgehead atoms. The zero-order valence-electron chi connectivity index (χ0n) is 22.1. The van der Waals surface area contributed by atoms with Gasteiger partial charge in [-0.3, -0.25) is 0 Å². The summed E-state index contributed by atoms with van der Waals surface area (Å²) in [5.41, 5.74) is 9.43. The molecule has 0 radical (unpaired) electrons. The lowest BCUT2D eigenvalue weighted by atomic mass is 9.97. The molecular weight excluding hydrogens is 568 g/mol. The lowest BCUT2D eigenvalue weighted by molar-refractivity contribution is 0.201. The molecule has 0 aliphatic rings. The van der Waals surface area contributed by atoms with Crippen molar-refractivity contribution in [2.45, 2.75) is 24.6 Å². The third kappa shape index (κ3) is 8.50. The number of pyridine rings is 1. The third-order valence-electron chi connectivity index (χ3n) is 4.92. The maximum Gasteiger partial charge on any atom is 0.143 e. The highest BCUT2D eigenvalue weighted by Crippen LogP contribution is 2.37. The van der Waals surface area contributed by atoms with Gasteiger partial charge in [0.15, 0.2) is 0 Å². The van der Waals surface area contributed by atoms with E-state index in [1.165, 1.54) is 30.1 Å². The van der Waals surface area contributed by atoms with Crippen LogP contribution < -0.4 is 10.5 Å². The van der Waals surface area contributed by atoms with Crippen LogP contribution in [0.1, 0.15) is 30.7 Å². The maximum atomic E-state index is 9.98. The summed E-state index contributed by atoms with van der Waals surface area (Å²) in [6, 6.07) is 18.7. The second kappa shape index (κ2) is 16.9. The zero-order chi connectivity index (χ0) is 29.5. The van der Waals surface area contributed by atoms with Gasteiger partial charge in [-0.2, -0.15) is 15.4 Å². The summed E-state index contributed by atoms with van der Waals surface area (Å²) in [5.74, 6) is 1.10. The van der Waals surface area contributed by atoms with Gasteiger partial charge in [-0.15, -0.1) is 11.3 Å². The standard InChI is InChI=1S/C25H18ClN5O2S2.C2H6.CH3NO/c26-17-5-1-16(2-6-17)24-30-18(13-34-24)14-35-25-21(12-28)22(20(11-27)23(29)31-25)15-3-7-19(8-4-15)33-10-9-32;1-2;1-2-3/h1-8,13,32H,9-10,14H2,(H2,29,31);1-2H3;1H3. The number of nitrogens with two attached hydrogens (primary N) is 1. The van der Waals surface area contributed by atoms with Crippen LogP contribution in [-0.2, 0) is 5.75 Å². The van der Waals surface area contributed by atoms with Gasteiger partial charge in [0.1, 0.15) is 45.9 Å². The van der Waals surface area contributed by atoms with E-state index in [-0.39, 0.29) is 30.2 Å². The van der Waals surface area contributed by atoms with E-state index >= 15 is 0 Å². The molecule has 0 unspecified atom stereocenters. The number of hydrogen-bond donors (Lipinski definition) is 2. The van der Waals surface area contributed by atoms with Crippen molar-refractivity contribution >= 4 is 40.5 Å². The molecule has 0 fully saturated rings. The molecule has 2 aromatic carbocycles. The number of nitrogens with zero attached hydrogens (tertiary/aromatic N) is 5. The first kappa shape index (κ1) is 32.2. The Morgan fingerprint density at radius 1 is 1.05 bits per heavy atom. The highest BCUT2D eigenvalue weighted by Gasteiger charge is 2.21. The fourth-order valence-electron chi connectivity index (χ4n) is 3.31. The number of ether oxygens (including phenoxy) is 1. The average molecular weight is 595 g/mol. The lowest BCUT2D eigenvalue weighted by Gasteiger charge is -2.13. The number of thioether (sulfide) groups is 1. The van der Waals surface area contributed by atoms with Gasteiger partial charge in [0.2, 0.25) is 0 Å². The maximum absolute atomic E-state index is 9.98. The van der Waals surface area contributed by atoms with E-state index < -0.39 is 0 Å². The van der Waals surface area contributed by atoms with Gasteiger partial charge in [0.05, 0.1) is 24.9 Å². The predicted molar refractivity (Wildman–Crippen MR) is 161 cm³/mol. The summed E-state index contributed by atoms with van der Waals surface area (Å²) in [4.78, 5) is 17.6. The number of aromatic nitrogens is 2. The van der Waals surface area contributed by atoms with E-state index in [4.69, 9.17) is 32.1 Å². The first-order chi connectivity index (χ1) is 19.4. The monoisotopic (exact) mass is 594 g/mol. The van der Waals surface area contributed by atoms with E-state index in [2.05, 4.69) is 27.3 Å². The number of hydrogen-bond acceptors (Lipinski definition) is 11. The molecule has 3 N–H and O–H groups in total. The molecule has 0 aliphatic heterocycles. The largest absolute Gasteiger partial charge is 0.491 e. The van der Waals surface area contributed by atoms with E-state index in [1.54, 1.807) is 24.3 Å². The molecule has 9 nitrogen and oxygen atoms in total. The summed E-state index contributed by atoms with van der Waals surface area (Å²) in [5, 5.41) is 34.8. The number of anilines is 1. The number of halogens is 1. The zero-order valence-corrected chi connectivity index (χ0v) is 24.5. The number of nitroso groups, excluding NO2 is 1. The summed E-state index contributed by atoms with van der Waals surface area (Å²) >= 11 is 8.83. The van der Waals surface area contributed by atoms with Crippen LogP contribution in [0.2, 0.25) is 5.02 Å². The molecule has 4 aromatic rings. The third-order valence-corrected chi connectivity index (χ3v) is 7.12. The van der Waals surface area contributed by atoms with Crippen LogP contribution in [0.25, 0.3) is 21.7 Å². The number of nitriles is 2. The molecule has 12 heteroatoms. The number of nitrogen functional groups attached to an aromatic ring is 1. The fourth-order valence-corrected chi connectivity index (χ4v) is 5.26. The smallest absolute Gasteiger partial charge is 0.143 e. The molecule has 0 saturated heterocycles. The van der Waals surface area contributed by atoms with Gasteiger partial charge in [-0.05, 0) is 29.8 Å². The van der Waals surface area contributed by atoms with Crippen LogP contribution in [0.3, 0.4) is 0 Å². The molecular formula is C28H27ClN6O3S2. The molecule has 40 heavy (non-hydrogen) atoms. The fraction of sp³-hybridized carbons (Fsp3) is 0.214. The Hall–Kier alpha value is -4.00. The minimum absolute atomic E-state index is 0.0599. The summed E-state index contributed by atoms with van der Waals surface area (Å²) in [7, 11) is 1.19. The van der Waals surface area contributed by atoms with E-state index in [1.807, 2.05) is 43.5 Å². The van der Waals surface area contributed by atoms with Gasteiger partial charge < -0.3 is 15.6 Å². The Morgan fingerprint density at radius 2 is 1.65 bits per heavy atom. The number of aliphatic hydroxyl groups is 1. The topological polar surface area (TPSA) is 158 Å². The minimum Gasteiger partial charge on any atom is -0.491 e. The van der Waals surface area contributed by atoms with Crippen molar-refractivity contribution in [1.82, 2.24) is 9.97 Å². The summed E-state index contributed by atoms with van der Waals surface area (Å²) in [6.45, 7) is 4.08. The molecule has 0 aliphatic carbocycles. The SMILES string of the molecule is CC.CN=O.N#Cc1c(N)nc(SCc2csc(-c3ccc(Cl)cc3)n2)c(C#N)c1-c1ccc(OCCO)cc1. The van der Waals surface area contributed by atoms with Crippen molar-refractivity contribution in [3.05, 3.63) is 80.7 Å². The highest BCUT2D eigenvalue weighted by atomic mass is 35.5. The Bertz CT molecular complexity index is 1480. The molecule has 0 spiro atoms. The molecule has 0 saturated carbocycles. The molecule has 4 rings (SSSR count). The average Bonchev–Trinajstić information content (AvgIpc) is 3.46. The first-order valence-electron chi connectivity index (χ1n) is 12.0. The van der Waals surface area contributed by atoms with Crippen LogP contribution >= 0.6 is 34.7 Å². The van der Waals surface area contributed by atoms with Crippen LogP contribution in [0, 0.1) is 27.6 Å². The lowest BCUT2D eigenvalue weighted by Crippen LogP contribution is -2.04. The highest BCUT2D eigenvalue weighted by molar-refractivity contribution is 7.98. The van der Waals surface area contributed by atoms with Crippen molar-refractivity contribution in [3.63, 3.8) is 0 Å². The minimum atomic E-state index is -0.0967. The number of aliphatic hydroxyl groups excluding tert-OH is 1. The van der Waals surface area contributed by atoms with Crippen LogP contribution in [0.5, 0.6) is 5.75 Å². The van der Waals surface area contributed by atoms with E-state index in [0.717, 1.165) is 16.3 Å². The molecule has 0 atom stereocenters.